The number of nitrogens with zero attached hydrogens (tertiary/aromatic N) is 3. The largest absolute Gasteiger partial charge is 0.378 e. The number of anilines is 1. The van der Waals surface area contributed by atoms with E-state index in [0.29, 0.717) is 6.04 Å². The summed E-state index contributed by atoms with van der Waals surface area (Å²) in [5, 5.41) is 0. The maximum Gasteiger partial charge on any atom is 0.167 e. The summed E-state index contributed by atoms with van der Waals surface area (Å²) in [6.07, 6.45) is 4.53. The Hall–Kier alpha value is -1.72. The summed E-state index contributed by atoms with van der Waals surface area (Å²) in [5.74, 6) is 1.24. The molecule has 0 unspecified atom stereocenters. The molecule has 0 radical (unpaired) electrons. The fourth-order valence-corrected chi connectivity index (χ4v) is 3.84. The van der Waals surface area contributed by atoms with Crippen molar-refractivity contribution < 1.29 is 9.53 Å². The molecule has 0 aromatic carbocycles. The van der Waals surface area contributed by atoms with Crippen molar-refractivity contribution in [3.63, 3.8) is 0 Å². The van der Waals surface area contributed by atoms with E-state index in [1.54, 1.807) is 0 Å². The molecule has 1 saturated carbocycles. The van der Waals surface area contributed by atoms with Gasteiger partial charge in [0.05, 0.1) is 18.9 Å². The molecule has 25 heavy (non-hydrogen) atoms. The Balaban J connectivity index is 1.59. The van der Waals surface area contributed by atoms with Gasteiger partial charge in [-0.25, -0.2) is 4.98 Å². The van der Waals surface area contributed by atoms with Crippen molar-refractivity contribution in [2.24, 2.45) is 5.41 Å². The molecule has 0 amide bonds. The van der Waals surface area contributed by atoms with Crippen molar-refractivity contribution >= 4 is 17.7 Å². The molecule has 2 aliphatic heterocycles. The average Bonchev–Trinajstić information content (AvgIpc) is 3.45. The van der Waals surface area contributed by atoms with Gasteiger partial charge in [0.1, 0.15) is 5.82 Å². The first kappa shape index (κ1) is 16.7. The zero-order chi connectivity index (χ0) is 17.4. The van der Waals surface area contributed by atoms with E-state index in [0.717, 1.165) is 56.5 Å². The van der Waals surface area contributed by atoms with E-state index in [4.69, 9.17) is 9.72 Å². The van der Waals surface area contributed by atoms with E-state index in [1.165, 1.54) is 12.8 Å². The Morgan fingerprint density at radius 3 is 2.72 bits per heavy atom. The molecule has 5 heteroatoms. The number of ketones is 1. The normalized spacial score (nSPS) is 26.2. The SMILES string of the molecule is CC1(C)CN(C2CC2)CC(=Cc2cccc(N3CCOCC3)n2)C1=O. The van der Waals surface area contributed by atoms with Crippen LogP contribution in [-0.4, -0.2) is 61.1 Å². The first-order valence-electron chi connectivity index (χ1n) is 9.32. The number of piperidine rings is 1. The fourth-order valence-electron chi connectivity index (χ4n) is 3.84. The third-order valence-electron chi connectivity index (χ3n) is 5.35. The van der Waals surface area contributed by atoms with E-state index < -0.39 is 0 Å². The highest BCUT2D eigenvalue weighted by Crippen LogP contribution is 2.36. The number of hydrogen-bond acceptors (Lipinski definition) is 5. The Kier molecular flexibility index (Phi) is 4.38. The minimum Gasteiger partial charge on any atom is -0.378 e. The molecule has 1 aromatic rings. The standard InChI is InChI=1S/C20H27N3O2/c1-20(2)14-23(17-6-7-17)13-15(19(20)24)12-16-4-3-5-18(21-16)22-8-10-25-11-9-22/h3-5,12,17H,6-11,13-14H2,1-2H3. The summed E-state index contributed by atoms with van der Waals surface area (Å²) in [4.78, 5) is 22.4. The van der Waals surface area contributed by atoms with Gasteiger partial charge in [0.25, 0.3) is 0 Å². The molecule has 1 aromatic heterocycles. The van der Waals surface area contributed by atoms with Crippen molar-refractivity contribution in [2.75, 3.05) is 44.3 Å². The summed E-state index contributed by atoms with van der Waals surface area (Å²) in [5.41, 5.74) is 1.46. The van der Waals surface area contributed by atoms with Crippen molar-refractivity contribution in [2.45, 2.75) is 32.7 Å². The molecule has 4 rings (SSSR count). The molecule has 0 bridgehead atoms. The monoisotopic (exact) mass is 341 g/mol. The first-order valence-corrected chi connectivity index (χ1v) is 9.32. The van der Waals surface area contributed by atoms with E-state index in [1.807, 2.05) is 24.3 Å². The van der Waals surface area contributed by atoms with Gasteiger partial charge >= 0.3 is 0 Å². The lowest BCUT2D eigenvalue weighted by atomic mass is 9.79. The number of ether oxygens (including phenoxy) is 1. The lowest BCUT2D eigenvalue weighted by molar-refractivity contribution is -0.126. The van der Waals surface area contributed by atoms with Gasteiger partial charge in [-0.1, -0.05) is 19.9 Å². The van der Waals surface area contributed by atoms with Gasteiger partial charge in [0, 0.05) is 43.2 Å². The number of rotatable bonds is 3. The highest BCUT2D eigenvalue weighted by molar-refractivity contribution is 6.04. The predicted octanol–water partition coefficient (Wildman–Crippen LogP) is 2.37. The zero-order valence-electron chi connectivity index (χ0n) is 15.2. The van der Waals surface area contributed by atoms with Crippen molar-refractivity contribution in [1.29, 1.82) is 0 Å². The summed E-state index contributed by atoms with van der Waals surface area (Å²) >= 11 is 0. The van der Waals surface area contributed by atoms with Gasteiger partial charge in [0.15, 0.2) is 5.78 Å². The van der Waals surface area contributed by atoms with Crippen LogP contribution >= 0.6 is 0 Å². The second kappa shape index (κ2) is 6.54. The van der Waals surface area contributed by atoms with E-state index in [-0.39, 0.29) is 11.2 Å². The number of carbonyl (C=O) groups is 1. The Labute approximate surface area is 149 Å². The molecule has 3 fully saturated rings. The lowest BCUT2D eigenvalue weighted by Gasteiger charge is -2.38. The molecule has 0 atom stereocenters. The predicted molar refractivity (Wildman–Crippen MR) is 98.6 cm³/mol. The molecule has 134 valence electrons. The average molecular weight is 341 g/mol. The number of aromatic nitrogens is 1. The second-order valence-electron chi connectivity index (χ2n) is 8.04. The molecule has 0 spiro atoms. The van der Waals surface area contributed by atoms with Crippen LogP contribution < -0.4 is 4.90 Å². The van der Waals surface area contributed by atoms with E-state index in [9.17, 15) is 4.79 Å². The molecule has 1 aliphatic carbocycles. The first-order chi connectivity index (χ1) is 12.0. The number of pyridine rings is 1. The van der Waals surface area contributed by atoms with Gasteiger partial charge in [-0.2, -0.15) is 0 Å². The lowest BCUT2D eigenvalue weighted by Crippen LogP contribution is -2.48. The minimum absolute atomic E-state index is 0.267. The van der Waals surface area contributed by atoms with Crippen LogP contribution in [0.2, 0.25) is 0 Å². The maximum atomic E-state index is 12.9. The van der Waals surface area contributed by atoms with E-state index >= 15 is 0 Å². The van der Waals surface area contributed by atoms with Crippen LogP contribution in [0.4, 0.5) is 5.82 Å². The van der Waals surface area contributed by atoms with Crippen LogP contribution in [0, 0.1) is 5.41 Å². The molecular formula is C20H27N3O2. The van der Waals surface area contributed by atoms with Gasteiger partial charge in [-0.05, 0) is 31.1 Å². The summed E-state index contributed by atoms with van der Waals surface area (Å²) in [7, 11) is 0. The quantitative estimate of drug-likeness (QED) is 0.790. The molecule has 5 nitrogen and oxygen atoms in total. The number of carbonyl (C=O) groups excluding carboxylic acids is 1. The molecular weight excluding hydrogens is 314 g/mol. The fraction of sp³-hybridized carbons (Fsp3) is 0.600. The summed E-state index contributed by atoms with van der Waals surface area (Å²) < 4.78 is 5.42. The minimum atomic E-state index is -0.311. The van der Waals surface area contributed by atoms with Crippen molar-refractivity contribution in [3.8, 4) is 0 Å². The molecule has 0 N–H and O–H groups in total. The highest BCUT2D eigenvalue weighted by Gasteiger charge is 2.42. The number of morpholine rings is 1. The molecule has 3 aliphatic rings. The Bertz CT molecular complexity index is 688. The van der Waals surface area contributed by atoms with Gasteiger partial charge in [-0.15, -0.1) is 0 Å². The smallest absolute Gasteiger partial charge is 0.167 e. The van der Waals surface area contributed by atoms with Crippen LogP contribution in [0.3, 0.4) is 0 Å². The van der Waals surface area contributed by atoms with Crippen LogP contribution in [0.25, 0.3) is 6.08 Å². The topological polar surface area (TPSA) is 45.7 Å². The third-order valence-corrected chi connectivity index (χ3v) is 5.35. The molecule has 3 heterocycles. The van der Waals surface area contributed by atoms with Crippen molar-refractivity contribution in [3.05, 3.63) is 29.5 Å². The molecule has 2 saturated heterocycles. The Morgan fingerprint density at radius 1 is 1.24 bits per heavy atom. The Morgan fingerprint density at radius 2 is 2.00 bits per heavy atom. The van der Waals surface area contributed by atoms with E-state index in [2.05, 4.69) is 23.6 Å². The number of likely N-dealkylation sites (tertiary alicyclic amines) is 1. The van der Waals surface area contributed by atoms with Crippen LogP contribution in [0.15, 0.2) is 23.8 Å². The van der Waals surface area contributed by atoms with Gasteiger partial charge < -0.3 is 9.64 Å². The summed E-state index contributed by atoms with van der Waals surface area (Å²) in [6.45, 7) is 8.99. The highest BCUT2D eigenvalue weighted by atomic mass is 16.5. The van der Waals surface area contributed by atoms with Gasteiger partial charge in [0.2, 0.25) is 0 Å². The van der Waals surface area contributed by atoms with Gasteiger partial charge in [-0.3, -0.25) is 9.69 Å². The van der Waals surface area contributed by atoms with Crippen LogP contribution in [0.1, 0.15) is 32.4 Å². The third kappa shape index (κ3) is 3.62. The summed E-state index contributed by atoms with van der Waals surface area (Å²) in [6, 6.07) is 6.73. The van der Waals surface area contributed by atoms with Crippen molar-refractivity contribution in [1.82, 2.24) is 9.88 Å². The number of Topliss-reactive ketones (excluding diaryl/α,β-unsaturated/α-hetero) is 1. The second-order valence-corrected chi connectivity index (χ2v) is 8.04. The van der Waals surface area contributed by atoms with Crippen LogP contribution in [-0.2, 0) is 9.53 Å². The van der Waals surface area contributed by atoms with Crippen LogP contribution in [0.5, 0.6) is 0 Å². The zero-order valence-corrected chi connectivity index (χ0v) is 15.2. The number of hydrogen-bond donors (Lipinski definition) is 0. The maximum absolute atomic E-state index is 12.9.